The van der Waals surface area contributed by atoms with Crippen LogP contribution in [0.3, 0.4) is 0 Å². The predicted molar refractivity (Wildman–Crippen MR) is 58.5 cm³/mol. The number of hydrogen-bond donors (Lipinski definition) is 0. The van der Waals surface area contributed by atoms with Crippen LogP contribution in [0.2, 0.25) is 0 Å². The topological polar surface area (TPSA) is 42.2 Å². The zero-order valence-corrected chi connectivity index (χ0v) is 9.41. The Bertz CT molecular complexity index is 183. The summed E-state index contributed by atoms with van der Waals surface area (Å²) >= 11 is 0. The summed E-state index contributed by atoms with van der Waals surface area (Å²) in [4.78, 5) is 0. The molecule has 0 spiro atoms. The van der Waals surface area contributed by atoms with Gasteiger partial charge in [0, 0.05) is 13.2 Å². The van der Waals surface area contributed by atoms with Gasteiger partial charge in [0.15, 0.2) is 0 Å². The maximum absolute atomic E-state index is 8.29. The maximum Gasteiger partial charge on any atom is 0.0645 e. The van der Waals surface area contributed by atoms with E-state index in [2.05, 4.69) is 6.07 Å². The van der Waals surface area contributed by atoms with Gasteiger partial charge < -0.3 is 9.47 Å². The lowest BCUT2D eigenvalue weighted by Crippen LogP contribution is -2.18. The Morgan fingerprint density at radius 2 is 2.20 bits per heavy atom. The van der Waals surface area contributed by atoms with Crippen LogP contribution in [0.25, 0.3) is 0 Å². The standard InChI is InChI=1S/C12H21NO2/c13-8-5-10-14-9-3-1-6-12-7-2-4-11-15-12/h12H,1-7,9-11H2. The van der Waals surface area contributed by atoms with E-state index in [-0.39, 0.29) is 0 Å². The lowest BCUT2D eigenvalue weighted by atomic mass is 10.0. The Kier molecular flexibility index (Phi) is 7.24. The minimum absolute atomic E-state index is 0.498. The molecule has 3 nitrogen and oxygen atoms in total. The molecule has 0 radical (unpaired) electrons. The van der Waals surface area contributed by atoms with Crippen molar-refractivity contribution in [1.82, 2.24) is 0 Å². The summed E-state index contributed by atoms with van der Waals surface area (Å²) < 4.78 is 10.9. The first-order valence-electron chi connectivity index (χ1n) is 6.00. The molecule has 86 valence electrons. The molecule has 0 bridgehead atoms. The van der Waals surface area contributed by atoms with Gasteiger partial charge in [-0.25, -0.2) is 0 Å². The first-order valence-corrected chi connectivity index (χ1v) is 6.00. The molecule has 1 unspecified atom stereocenters. The van der Waals surface area contributed by atoms with Crippen molar-refractivity contribution in [3.8, 4) is 6.07 Å². The normalized spacial score (nSPS) is 21.1. The van der Waals surface area contributed by atoms with E-state index in [1.54, 1.807) is 0 Å². The fraction of sp³-hybridized carbons (Fsp3) is 0.917. The molecule has 3 heteroatoms. The van der Waals surface area contributed by atoms with Gasteiger partial charge in [-0.2, -0.15) is 5.26 Å². The van der Waals surface area contributed by atoms with Crippen molar-refractivity contribution in [3.05, 3.63) is 0 Å². The van der Waals surface area contributed by atoms with Gasteiger partial charge in [-0.3, -0.25) is 0 Å². The van der Waals surface area contributed by atoms with E-state index in [0.29, 0.717) is 19.1 Å². The SMILES string of the molecule is N#CCCOCCCCC1CCCCO1. The molecule has 0 aromatic heterocycles. The van der Waals surface area contributed by atoms with Crippen LogP contribution in [0.15, 0.2) is 0 Å². The number of hydrogen-bond acceptors (Lipinski definition) is 3. The second-order valence-corrected chi connectivity index (χ2v) is 4.00. The average molecular weight is 211 g/mol. The molecule has 1 atom stereocenters. The third kappa shape index (κ3) is 6.48. The smallest absolute Gasteiger partial charge is 0.0645 e. The molecule has 0 aliphatic carbocycles. The number of unbranched alkanes of at least 4 members (excludes halogenated alkanes) is 1. The molecule has 1 fully saturated rings. The summed E-state index contributed by atoms with van der Waals surface area (Å²) in [6.07, 6.45) is 8.22. The van der Waals surface area contributed by atoms with Crippen LogP contribution in [-0.2, 0) is 9.47 Å². The maximum atomic E-state index is 8.29. The Balaban J connectivity index is 1.82. The van der Waals surface area contributed by atoms with Crippen molar-refractivity contribution < 1.29 is 9.47 Å². The Morgan fingerprint density at radius 1 is 1.27 bits per heavy atom. The molecular weight excluding hydrogens is 190 g/mol. The fourth-order valence-electron chi connectivity index (χ4n) is 1.83. The lowest BCUT2D eigenvalue weighted by molar-refractivity contribution is 0.00850. The first kappa shape index (κ1) is 12.5. The van der Waals surface area contributed by atoms with Crippen LogP contribution in [0.4, 0.5) is 0 Å². The van der Waals surface area contributed by atoms with Gasteiger partial charge in [0.2, 0.25) is 0 Å². The van der Waals surface area contributed by atoms with Crippen LogP contribution < -0.4 is 0 Å². The highest BCUT2D eigenvalue weighted by molar-refractivity contribution is 4.67. The van der Waals surface area contributed by atoms with Gasteiger partial charge in [0.25, 0.3) is 0 Å². The molecule has 15 heavy (non-hydrogen) atoms. The zero-order valence-electron chi connectivity index (χ0n) is 9.41. The third-order valence-electron chi connectivity index (χ3n) is 2.70. The molecule has 0 N–H and O–H groups in total. The second kappa shape index (κ2) is 8.70. The van der Waals surface area contributed by atoms with Crippen LogP contribution in [0, 0.1) is 11.3 Å². The minimum atomic E-state index is 0.498. The lowest BCUT2D eigenvalue weighted by Gasteiger charge is -2.22. The van der Waals surface area contributed by atoms with Gasteiger partial charge in [-0.1, -0.05) is 0 Å². The van der Waals surface area contributed by atoms with Gasteiger partial charge >= 0.3 is 0 Å². The molecule has 1 aliphatic rings. The van der Waals surface area contributed by atoms with Gasteiger partial charge in [-0.15, -0.1) is 0 Å². The molecule has 1 heterocycles. The van der Waals surface area contributed by atoms with E-state index in [1.807, 2.05) is 0 Å². The fourth-order valence-corrected chi connectivity index (χ4v) is 1.83. The predicted octanol–water partition coefficient (Wildman–Crippen LogP) is 2.66. The van der Waals surface area contributed by atoms with Crippen LogP contribution in [0.1, 0.15) is 44.9 Å². The van der Waals surface area contributed by atoms with E-state index < -0.39 is 0 Å². The summed E-state index contributed by atoms with van der Waals surface area (Å²) in [7, 11) is 0. The number of nitrogens with zero attached hydrogens (tertiary/aromatic N) is 1. The van der Waals surface area contributed by atoms with E-state index in [1.165, 1.54) is 32.1 Å². The van der Waals surface area contributed by atoms with Crippen LogP contribution in [-0.4, -0.2) is 25.9 Å². The summed E-state index contributed by atoms with van der Waals surface area (Å²) in [6.45, 7) is 2.31. The average Bonchev–Trinajstić information content (AvgIpc) is 2.29. The van der Waals surface area contributed by atoms with Crippen molar-refractivity contribution in [1.29, 1.82) is 5.26 Å². The van der Waals surface area contributed by atoms with Gasteiger partial charge in [0.05, 0.1) is 25.2 Å². The second-order valence-electron chi connectivity index (χ2n) is 4.00. The number of nitriles is 1. The van der Waals surface area contributed by atoms with E-state index in [0.717, 1.165) is 19.6 Å². The zero-order chi connectivity index (χ0) is 10.8. The molecule has 0 amide bonds. The first-order chi connectivity index (χ1) is 7.43. The summed E-state index contributed by atoms with van der Waals surface area (Å²) in [5.41, 5.74) is 0. The van der Waals surface area contributed by atoms with E-state index in [9.17, 15) is 0 Å². The summed E-state index contributed by atoms with van der Waals surface area (Å²) in [6, 6.07) is 2.07. The number of ether oxygens (including phenoxy) is 2. The highest BCUT2D eigenvalue weighted by Crippen LogP contribution is 2.17. The Labute approximate surface area is 92.4 Å². The van der Waals surface area contributed by atoms with Crippen molar-refractivity contribution in [2.24, 2.45) is 0 Å². The highest BCUT2D eigenvalue weighted by Gasteiger charge is 2.12. The van der Waals surface area contributed by atoms with Gasteiger partial charge in [0.1, 0.15) is 0 Å². The van der Waals surface area contributed by atoms with Crippen molar-refractivity contribution in [2.75, 3.05) is 19.8 Å². The Hall–Kier alpha value is -0.590. The molecule has 0 aromatic carbocycles. The largest absolute Gasteiger partial charge is 0.380 e. The van der Waals surface area contributed by atoms with E-state index in [4.69, 9.17) is 14.7 Å². The third-order valence-corrected chi connectivity index (χ3v) is 2.70. The van der Waals surface area contributed by atoms with Crippen LogP contribution >= 0.6 is 0 Å². The summed E-state index contributed by atoms with van der Waals surface area (Å²) in [5, 5.41) is 8.29. The van der Waals surface area contributed by atoms with Crippen molar-refractivity contribution >= 4 is 0 Å². The molecule has 1 rings (SSSR count). The summed E-state index contributed by atoms with van der Waals surface area (Å²) in [5.74, 6) is 0. The minimum Gasteiger partial charge on any atom is -0.380 e. The molecule has 0 saturated carbocycles. The highest BCUT2D eigenvalue weighted by atomic mass is 16.5. The molecule has 0 aromatic rings. The molecule has 1 saturated heterocycles. The number of rotatable bonds is 7. The molecular formula is C12H21NO2. The molecule has 1 aliphatic heterocycles. The monoisotopic (exact) mass is 211 g/mol. The van der Waals surface area contributed by atoms with Crippen molar-refractivity contribution in [3.63, 3.8) is 0 Å². The van der Waals surface area contributed by atoms with Crippen molar-refractivity contribution in [2.45, 2.75) is 51.0 Å². The Morgan fingerprint density at radius 3 is 2.93 bits per heavy atom. The van der Waals surface area contributed by atoms with Crippen LogP contribution in [0.5, 0.6) is 0 Å². The van der Waals surface area contributed by atoms with E-state index >= 15 is 0 Å². The quantitative estimate of drug-likeness (QED) is 0.608. The van der Waals surface area contributed by atoms with Gasteiger partial charge in [-0.05, 0) is 38.5 Å².